The van der Waals surface area contributed by atoms with Crippen LogP contribution in [0.2, 0.25) is 0 Å². The van der Waals surface area contributed by atoms with Gasteiger partial charge >= 0.3 is 0 Å². The third-order valence-corrected chi connectivity index (χ3v) is 3.17. The molecule has 0 saturated heterocycles. The van der Waals surface area contributed by atoms with Gasteiger partial charge < -0.3 is 9.88 Å². The molecule has 0 spiro atoms. The van der Waals surface area contributed by atoms with E-state index in [1.54, 1.807) is 12.4 Å². The molecule has 0 fully saturated rings. The molecule has 0 aliphatic carbocycles. The second kappa shape index (κ2) is 4.46. The zero-order chi connectivity index (χ0) is 13.2. The van der Waals surface area contributed by atoms with Crippen LogP contribution in [0.4, 0.5) is 11.5 Å². The number of H-pyrrole nitrogens is 1. The number of hydrogen-bond acceptors (Lipinski definition) is 3. The van der Waals surface area contributed by atoms with E-state index in [1.165, 1.54) is 0 Å². The molecule has 1 N–H and O–H groups in total. The highest BCUT2D eigenvalue weighted by Gasteiger charge is 2.15. The number of nitriles is 1. The molecule has 4 heteroatoms. The van der Waals surface area contributed by atoms with Crippen LogP contribution in [-0.4, -0.2) is 17.0 Å². The Balaban J connectivity index is 2.18. The quantitative estimate of drug-likeness (QED) is 0.757. The Labute approximate surface area is 110 Å². The zero-order valence-corrected chi connectivity index (χ0v) is 10.5. The average Bonchev–Trinajstić information content (AvgIpc) is 2.85. The van der Waals surface area contributed by atoms with Gasteiger partial charge in [-0.3, -0.25) is 4.98 Å². The van der Waals surface area contributed by atoms with Crippen molar-refractivity contribution in [2.45, 2.75) is 0 Å². The van der Waals surface area contributed by atoms with Gasteiger partial charge in [-0.1, -0.05) is 18.2 Å². The highest BCUT2D eigenvalue weighted by molar-refractivity contribution is 5.92. The van der Waals surface area contributed by atoms with Gasteiger partial charge in [0.05, 0.1) is 11.9 Å². The minimum Gasteiger partial charge on any atom is -0.340 e. The van der Waals surface area contributed by atoms with Crippen LogP contribution in [0.25, 0.3) is 10.9 Å². The summed E-state index contributed by atoms with van der Waals surface area (Å²) >= 11 is 0. The van der Waals surface area contributed by atoms with Gasteiger partial charge in [-0.2, -0.15) is 5.26 Å². The standard InChI is InChI=1S/C15H12N4/c1-19(11-5-4-8-17-10-11)15-13(9-16)12-6-2-3-7-14(12)18-15/h2-8,10,18H,1H3. The molecular weight excluding hydrogens is 236 g/mol. The third kappa shape index (κ3) is 1.81. The van der Waals surface area contributed by atoms with E-state index in [-0.39, 0.29) is 0 Å². The Kier molecular flexibility index (Phi) is 2.66. The van der Waals surface area contributed by atoms with Crippen molar-refractivity contribution < 1.29 is 0 Å². The number of hydrogen-bond donors (Lipinski definition) is 1. The first kappa shape index (κ1) is 11.3. The molecule has 2 aromatic heterocycles. The molecule has 0 aliphatic heterocycles. The molecule has 0 amide bonds. The van der Waals surface area contributed by atoms with Crippen LogP contribution >= 0.6 is 0 Å². The number of fused-ring (bicyclic) bond motifs is 1. The van der Waals surface area contributed by atoms with E-state index in [0.29, 0.717) is 5.56 Å². The van der Waals surface area contributed by atoms with Crippen LogP contribution in [-0.2, 0) is 0 Å². The summed E-state index contributed by atoms with van der Waals surface area (Å²) in [5.74, 6) is 0.789. The average molecular weight is 248 g/mol. The molecule has 1 aromatic carbocycles. The Morgan fingerprint density at radius 1 is 1.21 bits per heavy atom. The summed E-state index contributed by atoms with van der Waals surface area (Å²) < 4.78 is 0. The van der Waals surface area contributed by atoms with Crippen molar-refractivity contribution in [1.82, 2.24) is 9.97 Å². The molecule has 19 heavy (non-hydrogen) atoms. The summed E-state index contributed by atoms with van der Waals surface area (Å²) in [5.41, 5.74) is 2.55. The van der Waals surface area contributed by atoms with E-state index in [1.807, 2.05) is 48.3 Å². The number of para-hydroxylation sites is 1. The number of aromatic amines is 1. The summed E-state index contributed by atoms with van der Waals surface area (Å²) in [5, 5.41) is 10.3. The molecule has 0 bridgehead atoms. The van der Waals surface area contributed by atoms with Crippen molar-refractivity contribution in [3.05, 3.63) is 54.4 Å². The van der Waals surface area contributed by atoms with E-state index in [4.69, 9.17) is 0 Å². The van der Waals surface area contributed by atoms with Gasteiger partial charge in [0.25, 0.3) is 0 Å². The summed E-state index contributed by atoms with van der Waals surface area (Å²) in [4.78, 5) is 9.33. The SMILES string of the molecule is CN(c1cccnc1)c1[nH]c2ccccc2c1C#N. The predicted molar refractivity (Wildman–Crippen MR) is 75.3 cm³/mol. The van der Waals surface area contributed by atoms with Crippen molar-refractivity contribution in [3.63, 3.8) is 0 Å². The largest absolute Gasteiger partial charge is 0.340 e. The molecule has 0 saturated carbocycles. The summed E-state index contributed by atoms with van der Waals surface area (Å²) in [6, 6.07) is 13.9. The minimum absolute atomic E-state index is 0.655. The number of pyridine rings is 1. The van der Waals surface area contributed by atoms with Crippen molar-refractivity contribution in [2.24, 2.45) is 0 Å². The number of aromatic nitrogens is 2. The number of rotatable bonds is 2. The lowest BCUT2D eigenvalue weighted by molar-refractivity contribution is 1.13. The fraction of sp³-hybridized carbons (Fsp3) is 0.0667. The van der Waals surface area contributed by atoms with Crippen LogP contribution in [0.5, 0.6) is 0 Å². The normalized spacial score (nSPS) is 10.3. The van der Waals surface area contributed by atoms with Crippen molar-refractivity contribution in [2.75, 3.05) is 11.9 Å². The molecule has 0 aliphatic rings. The van der Waals surface area contributed by atoms with Crippen LogP contribution in [0.15, 0.2) is 48.8 Å². The maximum atomic E-state index is 9.39. The van der Waals surface area contributed by atoms with E-state index in [0.717, 1.165) is 22.4 Å². The first-order chi connectivity index (χ1) is 9.31. The maximum Gasteiger partial charge on any atom is 0.129 e. The second-order valence-electron chi connectivity index (χ2n) is 4.28. The van der Waals surface area contributed by atoms with Crippen LogP contribution in [0, 0.1) is 11.3 Å². The Morgan fingerprint density at radius 3 is 2.79 bits per heavy atom. The minimum atomic E-state index is 0.655. The van der Waals surface area contributed by atoms with Gasteiger partial charge in [0, 0.05) is 24.1 Å². The van der Waals surface area contributed by atoms with Gasteiger partial charge in [-0.15, -0.1) is 0 Å². The van der Waals surface area contributed by atoms with Crippen LogP contribution in [0.1, 0.15) is 5.56 Å². The lowest BCUT2D eigenvalue weighted by atomic mass is 10.2. The molecule has 3 rings (SSSR count). The fourth-order valence-electron chi connectivity index (χ4n) is 2.17. The van der Waals surface area contributed by atoms with Gasteiger partial charge in [0.15, 0.2) is 0 Å². The number of nitrogens with one attached hydrogen (secondary N) is 1. The van der Waals surface area contributed by atoms with Gasteiger partial charge in [-0.05, 0) is 18.2 Å². The number of anilines is 2. The van der Waals surface area contributed by atoms with E-state index in [9.17, 15) is 5.26 Å². The Hall–Kier alpha value is -2.80. The molecular formula is C15H12N4. The smallest absolute Gasteiger partial charge is 0.129 e. The van der Waals surface area contributed by atoms with Gasteiger partial charge in [0.1, 0.15) is 17.5 Å². The lowest BCUT2D eigenvalue weighted by Crippen LogP contribution is -2.11. The van der Waals surface area contributed by atoms with Crippen LogP contribution in [0.3, 0.4) is 0 Å². The summed E-state index contributed by atoms with van der Waals surface area (Å²) in [6.45, 7) is 0. The lowest BCUT2D eigenvalue weighted by Gasteiger charge is -2.17. The molecule has 92 valence electrons. The van der Waals surface area contributed by atoms with E-state index >= 15 is 0 Å². The first-order valence-corrected chi connectivity index (χ1v) is 5.96. The number of nitrogens with zero attached hydrogens (tertiary/aromatic N) is 3. The molecule has 4 nitrogen and oxygen atoms in total. The first-order valence-electron chi connectivity index (χ1n) is 5.96. The molecule has 3 aromatic rings. The highest BCUT2D eigenvalue weighted by Crippen LogP contribution is 2.31. The summed E-state index contributed by atoms with van der Waals surface area (Å²) in [6.07, 6.45) is 3.50. The highest BCUT2D eigenvalue weighted by atomic mass is 15.2. The molecule has 0 radical (unpaired) electrons. The Morgan fingerprint density at radius 2 is 2.05 bits per heavy atom. The zero-order valence-electron chi connectivity index (χ0n) is 10.5. The second-order valence-corrected chi connectivity index (χ2v) is 4.28. The molecule has 0 unspecified atom stereocenters. The van der Waals surface area contributed by atoms with Crippen molar-refractivity contribution >= 4 is 22.4 Å². The molecule has 2 heterocycles. The van der Waals surface area contributed by atoms with Crippen molar-refractivity contribution in [3.8, 4) is 6.07 Å². The van der Waals surface area contributed by atoms with E-state index < -0.39 is 0 Å². The van der Waals surface area contributed by atoms with Crippen molar-refractivity contribution in [1.29, 1.82) is 5.26 Å². The van der Waals surface area contributed by atoms with Gasteiger partial charge in [0.2, 0.25) is 0 Å². The third-order valence-electron chi connectivity index (χ3n) is 3.17. The predicted octanol–water partition coefficient (Wildman–Crippen LogP) is 3.20. The Bertz CT molecular complexity index is 753. The fourth-order valence-corrected chi connectivity index (χ4v) is 2.17. The van der Waals surface area contributed by atoms with E-state index in [2.05, 4.69) is 16.0 Å². The molecule has 0 atom stereocenters. The number of benzene rings is 1. The van der Waals surface area contributed by atoms with Gasteiger partial charge in [-0.25, -0.2) is 0 Å². The monoisotopic (exact) mass is 248 g/mol. The maximum absolute atomic E-state index is 9.39. The summed E-state index contributed by atoms with van der Waals surface area (Å²) in [7, 11) is 1.92. The topological polar surface area (TPSA) is 55.7 Å². The van der Waals surface area contributed by atoms with Crippen LogP contribution < -0.4 is 4.90 Å².